The van der Waals surface area contributed by atoms with Crippen LogP contribution in [-0.4, -0.2) is 35.5 Å². The number of benzene rings is 1. The number of aromatic nitrogens is 2. The number of rotatable bonds is 5. The first kappa shape index (κ1) is 15.8. The zero-order valence-corrected chi connectivity index (χ0v) is 12.2. The summed E-state index contributed by atoms with van der Waals surface area (Å²) in [6.45, 7) is 0.179. The predicted octanol–water partition coefficient (Wildman–Crippen LogP) is 2.34. The Morgan fingerprint density at radius 2 is 1.86 bits per heavy atom. The molecule has 0 aliphatic carbocycles. The van der Waals surface area contributed by atoms with Crippen LogP contribution in [0.15, 0.2) is 30.6 Å². The lowest BCUT2D eigenvalue weighted by Crippen LogP contribution is -2.29. The summed E-state index contributed by atoms with van der Waals surface area (Å²) in [5.74, 6) is -0.936. The van der Waals surface area contributed by atoms with Crippen LogP contribution in [0.4, 0.5) is 14.6 Å². The van der Waals surface area contributed by atoms with Crippen molar-refractivity contribution in [2.75, 3.05) is 26.0 Å². The maximum absolute atomic E-state index is 14.0. The van der Waals surface area contributed by atoms with Crippen LogP contribution in [0.5, 0.6) is 0 Å². The monoisotopic (exact) mass is 303 g/mol. The first-order valence-electron chi connectivity index (χ1n) is 6.60. The molecular formula is C15H15F2N5. The Hall–Kier alpha value is -2.59. The number of anilines is 1. The van der Waals surface area contributed by atoms with E-state index in [0.717, 1.165) is 0 Å². The van der Waals surface area contributed by atoms with Gasteiger partial charge in [0.15, 0.2) is 11.5 Å². The Bertz CT molecular complexity index is 676. The van der Waals surface area contributed by atoms with Crippen molar-refractivity contribution in [3.8, 4) is 6.07 Å². The first-order chi connectivity index (χ1) is 10.5. The van der Waals surface area contributed by atoms with E-state index in [1.54, 1.807) is 19.0 Å². The van der Waals surface area contributed by atoms with E-state index in [4.69, 9.17) is 5.26 Å². The third kappa shape index (κ3) is 3.35. The van der Waals surface area contributed by atoms with Gasteiger partial charge in [0.1, 0.15) is 17.7 Å². The van der Waals surface area contributed by atoms with Crippen molar-refractivity contribution in [3.63, 3.8) is 0 Å². The summed E-state index contributed by atoms with van der Waals surface area (Å²) in [6, 6.07) is 5.12. The minimum atomic E-state index is -0.611. The Labute approximate surface area is 127 Å². The number of halogens is 2. The van der Waals surface area contributed by atoms with Crippen molar-refractivity contribution in [2.24, 2.45) is 0 Å². The van der Waals surface area contributed by atoms with Gasteiger partial charge in [-0.25, -0.2) is 18.7 Å². The van der Waals surface area contributed by atoms with E-state index < -0.39 is 17.7 Å². The lowest BCUT2D eigenvalue weighted by molar-refractivity contribution is 0.295. The van der Waals surface area contributed by atoms with E-state index in [0.29, 0.717) is 0 Å². The third-order valence-corrected chi connectivity index (χ3v) is 3.22. The van der Waals surface area contributed by atoms with Crippen LogP contribution in [0.2, 0.25) is 0 Å². The second-order valence-corrected chi connectivity index (χ2v) is 4.86. The molecule has 0 amide bonds. The van der Waals surface area contributed by atoms with Crippen LogP contribution >= 0.6 is 0 Å². The molecule has 0 fully saturated rings. The van der Waals surface area contributed by atoms with Gasteiger partial charge in [0, 0.05) is 24.5 Å². The summed E-state index contributed by atoms with van der Waals surface area (Å²) < 4.78 is 27.9. The van der Waals surface area contributed by atoms with Gasteiger partial charge in [-0.15, -0.1) is 0 Å². The molecule has 5 nitrogen and oxygen atoms in total. The molecule has 7 heteroatoms. The standard InChI is InChI=1S/C15H15F2N5/c1-22(2)13(14-10(16)4-3-5-11(14)17)9-21-15-12(8-18)19-6-7-20-15/h3-7,13H,9H2,1-2H3,(H,20,21). The van der Waals surface area contributed by atoms with Crippen LogP contribution in [0.1, 0.15) is 17.3 Å². The Balaban J connectivity index is 2.26. The molecule has 1 N–H and O–H groups in total. The molecule has 2 aromatic rings. The minimum absolute atomic E-state index is 0.0256. The first-order valence-corrected chi connectivity index (χ1v) is 6.60. The molecule has 2 rings (SSSR count). The smallest absolute Gasteiger partial charge is 0.182 e. The number of hydrogen-bond acceptors (Lipinski definition) is 5. The van der Waals surface area contributed by atoms with Gasteiger partial charge >= 0.3 is 0 Å². The summed E-state index contributed by atoms with van der Waals surface area (Å²) in [6.07, 6.45) is 2.85. The van der Waals surface area contributed by atoms with Gasteiger partial charge in [0.25, 0.3) is 0 Å². The molecule has 0 bridgehead atoms. The fourth-order valence-electron chi connectivity index (χ4n) is 2.11. The van der Waals surface area contributed by atoms with E-state index in [1.807, 2.05) is 6.07 Å². The van der Waals surface area contributed by atoms with E-state index >= 15 is 0 Å². The number of hydrogen-bond donors (Lipinski definition) is 1. The molecule has 114 valence electrons. The third-order valence-electron chi connectivity index (χ3n) is 3.22. The highest BCUT2D eigenvalue weighted by atomic mass is 19.1. The van der Waals surface area contributed by atoms with Gasteiger partial charge in [0.2, 0.25) is 0 Å². The SMILES string of the molecule is CN(C)C(CNc1nccnc1C#N)c1c(F)cccc1F. The van der Waals surface area contributed by atoms with Crippen LogP contribution in [0.3, 0.4) is 0 Å². The van der Waals surface area contributed by atoms with Crippen molar-refractivity contribution in [2.45, 2.75) is 6.04 Å². The van der Waals surface area contributed by atoms with Crippen LogP contribution in [0.25, 0.3) is 0 Å². The molecule has 1 aromatic carbocycles. The van der Waals surface area contributed by atoms with Gasteiger partial charge in [-0.3, -0.25) is 0 Å². The van der Waals surface area contributed by atoms with Crippen LogP contribution < -0.4 is 5.32 Å². The molecular weight excluding hydrogens is 288 g/mol. The van der Waals surface area contributed by atoms with Gasteiger partial charge in [-0.05, 0) is 26.2 Å². The van der Waals surface area contributed by atoms with Crippen LogP contribution in [0, 0.1) is 23.0 Å². The summed E-state index contributed by atoms with van der Waals surface area (Å²) >= 11 is 0. The van der Waals surface area contributed by atoms with Crippen LogP contribution in [-0.2, 0) is 0 Å². The fourth-order valence-corrected chi connectivity index (χ4v) is 2.11. The predicted molar refractivity (Wildman–Crippen MR) is 78.0 cm³/mol. The highest BCUT2D eigenvalue weighted by Crippen LogP contribution is 2.25. The van der Waals surface area contributed by atoms with E-state index in [9.17, 15) is 8.78 Å². The van der Waals surface area contributed by atoms with Gasteiger partial charge in [-0.2, -0.15) is 5.26 Å². The summed E-state index contributed by atoms with van der Waals surface area (Å²) in [5, 5.41) is 11.9. The van der Waals surface area contributed by atoms with E-state index in [2.05, 4.69) is 15.3 Å². The molecule has 0 aliphatic rings. The largest absolute Gasteiger partial charge is 0.366 e. The number of nitrogens with one attached hydrogen (secondary N) is 1. The van der Waals surface area contributed by atoms with E-state index in [-0.39, 0.29) is 23.6 Å². The van der Waals surface area contributed by atoms with Crippen molar-refractivity contribution in [3.05, 3.63) is 53.5 Å². The average Bonchev–Trinajstić information content (AvgIpc) is 2.50. The molecule has 1 atom stereocenters. The number of nitriles is 1. The van der Waals surface area contributed by atoms with Crippen molar-refractivity contribution < 1.29 is 8.78 Å². The zero-order chi connectivity index (χ0) is 16.1. The molecule has 0 aliphatic heterocycles. The fraction of sp³-hybridized carbons (Fsp3) is 0.267. The van der Waals surface area contributed by atoms with Crippen molar-refractivity contribution >= 4 is 5.82 Å². The summed E-state index contributed by atoms with van der Waals surface area (Å²) in [4.78, 5) is 9.59. The van der Waals surface area contributed by atoms with Crippen molar-refractivity contribution in [1.29, 1.82) is 5.26 Å². The molecule has 0 saturated heterocycles. The molecule has 1 unspecified atom stereocenters. The van der Waals surface area contributed by atoms with E-state index in [1.165, 1.54) is 30.6 Å². The normalized spacial score (nSPS) is 12.0. The molecule has 1 heterocycles. The quantitative estimate of drug-likeness (QED) is 0.918. The highest BCUT2D eigenvalue weighted by molar-refractivity contribution is 5.47. The second-order valence-electron chi connectivity index (χ2n) is 4.86. The molecule has 22 heavy (non-hydrogen) atoms. The topological polar surface area (TPSA) is 64.8 Å². The molecule has 1 aromatic heterocycles. The van der Waals surface area contributed by atoms with Gasteiger partial charge < -0.3 is 10.2 Å². The maximum Gasteiger partial charge on any atom is 0.182 e. The number of nitrogens with zero attached hydrogens (tertiary/aromatic N) is 4. The molecule has 0 spiro atoms. The lowest BCUT2D eigenvalue weighted by atomic mass is 10.0. The Morgan fingerprint density at radius 1 is 1.23 bits per heavy atom. The van der Waals surface area contributed by atoms with Crippen molar-refractivity contribution in [1.82, 2.24) is 14.9 Å². The summed E-state index contributed by atoms with van der Waals surface area (Å²) in [7, 11) is 3.44. The maximum atomic E-state index is 14.0. The Morgan fingerprint density at radius 3 is 2.45 bits per heavy atom. The minimum Gasteiger partial charge on any atom is -0.366 e. The lowest BCUT2D eigenvalue weighted by Gasteiger charge is -2.26. The Kier molecular flexibility index (Phi) is 4.96. The molecule has 0 radical (unpaired) electrons. The second kappa shape index (κ2) is 6.91. The van der Waals surface area contributed by atoms with Gasteiger partial charge in [0.05, 0.1) is 6.04 Å². The van der Waals surface area contributed by atoms with Gasteiger partial charge in [-0.1, -0.05) is 6.07 Å². The number of likely N-dealkylation sites (N-methyl/N-ethyl adjacent to an activating group) is 1. The average molecular weight is 303 g/mol. The summed E-state index contributed by atoms with van der Waals surface area (Å²) in [5.41, 5.74) is 0.108. The highest BCUT2D eigenvalue weighted by Gasteiger charge is 2.22. The zero-order valence-electron chi connectivity index (χ0n) is 12.2. The molecule has 0 saturated carbocycles.